The van der Waals surface area contributed by atoms with Gasteiger partial charge in [0.2, 0.25) is 0 Å². The van der Waals surface area contributed by atoms with Gasteiger partial charge in [-0.3, -0.25) is 4.90 Å². The van der Waals surface area contributed by atoms with Gasteiger partial charge < -0.3 is 5.73 Å². The minimum atomic E-state index is 0.165. The molecule has 0 saturated heterocycles. The van der Waals surface area contributed by atoms with Gasteiger partial charge in [-0.2, -0.15) is 0 Å². The number of hydrogen-bond donors (Lipinski definition) is 1. The van der Waals surface area contributed by atoms with Crippen molar-refractivity contribution in [3.8, 4) is 0 Å². The van der Waals surface area contributed by atoms with Gasteiger partial charge in [0.05, 0.1) is 0 Å². The fraction of sp³-hybridized carbons (Fsp3) is 0.625. The van der Waals surface area contributed by atoms with E-state index in [0.29, 0.717) is 6.04 Å². The van der Waals surface area contributed by atoms with Crippen molar-refractivity contribution in [3.05, 3.63) is 34.3 Å². The van der Waals surface area contributed by atoms with Crippen LogP contribution in [0.2, 0.25) is 0 Å². The van der Waals surface area contributed by atoms with Gasteiger partial charge in [-0.25, -0.2) is 0 Å². The van der Waals surface area contributed by atoms with Crippen molar-refractivity contribution in [1.29, 1.82) is 0 Å². The minimum absolute atomic E-state index is 0.165. The average molecular weight is 327 g/mol. The third kappa shape index (κ3) is 4.90. The molecule has 1 atom stereocenters. The van der Waals surface area contributed by atoms with Gasteiger partial charge in [0.15, 0.2) is 0 Å². The molecule has 2 N–H and O–H groups in total. The van der Waals surface area contributed by atoms with Crippen LogP contribution in [0.25, 0.3) is 0 Å². The lowest BCUT2D eigenvalue weighted by atomic mass is 9.91. The first-order chi connectivity index (χ1) is 8.93. The first-order valence-corrected chi connectivity index (χ1v) is 7.92. The highest BCUT2D eigenvalue weighted by Gasteiger charge is 2.24. The van der Waals surface area contributed by atoms with Gasteiger partial charge >= 0.3 is 0 Å². The molecule has 0 amide bonds. The van der Waals surface area contributed by atoms with E-state index in [0.717, 1.165) is 30.5 Å². The van der Waals surface area contributed by atoms with E-state index in [1.165, 1.54) is 5.56 Å². The van der Waals surface area contributed by atoms with Crippen LogP contribution in [0.1, 0.15) is 45.7 Å². The topological polar surface area (TPSA) is 29.3 Å². The summed E-state index contributed by atoms with van der Waals surface area (Å²) >= 11 is 3.50. The highest BCUT2D eigenvalue weighted by molar-refractivity contribution is 9.10. The summed E-state index contributed by atoms with van der Waals surface area (Å²) in [5.41, 5.74) is 7.43. The monoisotopic (exact) mass is 326 g/mol. The largest absolute Gasteiger partial charge is 0.330 e. The first kappa shape index (κ1) is 16.7. The molecule has 1 unspecified atom stereocenters. The quantitative estimate of drug-likeness (QED) is 0.813. The molecule has 0 aliphatic heterocycles. The molecule has 19 heavy (non-hydrogen) atoms. The normalized spacial score (nSPS) is 13.8. The molecule has 1 aromatic rings. The number of rotatable bonds is 7. The fourth-order valence-electron chi connectivity index (χ4n) is 2.45. The van der Waals surface area contributed by atoms with Crippen LogP contribution >= 0.6 is 15.9 Å². The standard InChI is InChI=1S/C16H27BrN2/c1-5-15(13-7-9-14(17)10-8-13)19(6-2)12-16(3,4)11-18/h7-10,15H,5-6,11-12,18H2,1-4H3. The molecule has 108 valence electrons. The van der Waals surface area contributed by atoms with Gasteiger partial charge in [0.1, 0.15) is 0 Å². The van der Waals surface area contributed by atoms with Crippen molar-refractivity contribution in [2.24, 2.45) is 11.1 Å². The van der Waals surface area contributed by atoms with E-state index in [2.05, 4.69) is 72.8 Å². The molecule has 0 aliphatic carbocycles. The number of halogens is 1. The van der Waals surface area contributed by atoms with Crippen molar-refractivity contribution in [1.82, 2.24) is 4.90 Å². The van der Waals surface area contributed by atoms with E-state index >= 15 is 0 Å². The van der Waals surface area contributed by atoms with Gasteiger partial charge in [0, 0.05) is 17.1 Å². The molecular formula is C16H27BrN2. The summed E-state index contributed by atoms with van der Waals surface area (Å²) in [4.78, 5) is 2.54. The van der Waals surface area contributed by atoms with E-state index in [4.69, 9.17) is 5.73 Å². The smallest absolute Gasteiger partial charge is 0.0345 e. The predicted molar refractivity (Wildman–Crippen MR) is 87.3 cm³/mol. The molecule has 1 aromatic carbocycles. The Kier molecular flexibility index (Phi) is 6.51. The number of nitrogens with two attached hydrogens (primary N) is 1. The summed E-state index contributed by atoms with van der Waals surface area (Å²) in [6, 6.07) is 9.16. The summed E-state index contributed by atoms with van der Waals surface area (Å²) in [5.74, 6) is 0. The van der Waals surface area contributed by atoms with Crippen molar-refractivity contribution >= 4 is 15.9 Å². The molecule has 0 heterocycles. The van der Waals surface area contributed by atoms with Crippen LogP contribution in [0.5, 0.6) is 0 Å². The van der Waals surface area contributed by atoms with Crippen LogP contribution in [0.3, 0.4) is 0 Å². The maximum atomic E-state index is 5.88. The maximum absolute atomic E-state index is 5.88. The lowest BCUT2D eigenvalue weighted by Gasteiger charge is -2.36. The summed E-state index contributed by atoms with van der Waals surface area (Å²) in [7, 11) is 0. The Hall–Kier alpha value is -0.380. The molecule has 2 nitrogen and oxygen atoms in total. The molecule has 0 aliphatic rings. The Morgan fingerprint density at radius 2 is 1.79 bits per heavy atom. The van der Waals surface area contributed by atoms with E-state index in [1.807, 2.05) is 0 Å². The summed E-state index contributed by atoms with van der Waals surface area (Å²) in [5, 5.41) is 0. The van der Waals surface area contributed by atoms with Crippen LogP contribution in [0.15, 0.2) is 28.7 Å². The second kappa shape index (κ2) is 7.41. The van der Waals surface area contributed by atoms with Crippen LogP contribution in [-0.2, 0) is 0 Å². The zero-order valence-corrected chi connectivity index (χ0v) is 14.2. The first-order valence-electron chi connectivity index (χ1n) is 7.13. The van der Waals surface area contributed by atoms with E-state index in [-0.39, 0.29) is 5.41 Å². The molecule has 0 saturated carbocycles. The Balaban J connectivity index is 2.89. The SMILES string of the molecule is CCC(c1ccc(Br)cc1)N(CC)CC(C)(C)CN. The van der Waals surface area contributed by atoms with Crippen LogP contribution in [-0.4, -0.2) is 24.5 Å². The average Bonchev–Trinajstić information content (AvgIpc) is 2.40. The minimum Gasteiger partial charge on any atom is -0.330 e. The maximum Gasteiger partial charge on any atom is 0.0345 e. The molecule has 0 bridgehead atoms. The fourth-order valence-corrected chi connectivity index (χ4v) is 2.71. The highest BCUT2D eigenvalue weighted by Crippen LogP contribution is 2.28. The van der Waals surface area contributed by atoms with Gasteiger partial charge in [-0.05, 0) is 42.6 Å². The van der Waals surface area contributed by atoms with Crippen LogP contribution < -0.4 is 5.73 Å². The Morgan fingerprint density at radius 3 is 2.21 bits per heavy atom. The summed E-state index contributed by atoms with van der Waals surface area (Å²) in [6.07, 6.45) is 1.12. The number of nitrogens with zero attached hydrogens (tertiary/aromatic N) is 1. The Labute approximate surface area is 126 Å². The lowest BCUT2D eigenvalue weighted by molar-refractivity contribution is 0.135. The van der Waals surface area contributed by atoms with Gasteiger partial charge in [-0.15, -0.1) is 0 Å². The molecular weight excluding hydrogens is 300 g/mol. The molecule has 0 fully saturated rings. The second-order valence-corrected chi connectivity index (χ2v) is 6.82. The van der Waals surface area contributed by atoms with Crippen molar-refractivity contribution in [3.63, 3.8) is 0 Å². The molecule has 1 rings (SSSR count). The Bertz CT molecular complexity index is 373. The van der Waals surface area contributed by atoms with E-state index in [9.17, 15) is 0 Å². The lowest BCUT2D eigenvalue weighted by Crippen LogP contribution is -2.40. The van der Waals surface area contributed by atoms with Crippen molar-refractivity contribution in [2.75, 3.05) is 19.6 Å². The summed E-state index contributed by atoms with van der Waals surface area (Å²) < 4.78 is 1.14. The van der Waals surface area contributed by atoms with Gasteiger partial charge in [-0.1, -0.05) is 55.8 Å². The van der Waals surface area contributed by atoms with E-state index < -0.39 is 0 Å². The zero-order valence-electron chi connectivity index (χ0n) is 12.6. The van der Waals surface area contributed by atoms with Crippen molar-refractivity contribution < 1.29 is 0 Å². The van der Waals surface area contributed by atoms with Gasteiger partial charge in [0.25, 0.3) is 0 Å². The summed E-state index contributed by atoms with van der Waals surface area (Å²) in [6.45, 7) is 11.8. The Morgan fingerprint density at radius 1 is 1.21 bits per heavy atom. The number of hydrogen-bond acceptors (Lipinski definition) is 2. The van der Waals surface area contributed by atoms with E-state index in [1.54, 1.807) is 0 Å². The van der Waals surface area contributed by atoms with Crippen LogP contribution in [0.4, 0.5) is 0 Å². The zero-order chi connectivity index (χ0) is 14.5. The van der Waals surface area contributed by atoms with Crippen molar-refractivity contribution in [2.45, 2.75) is 40.2 Å². The highest BCUT2D eigenvalue weighted by atomic mass is 79.9. The number of benzene rings is 1. The third-order valence-corrected chi connectivity index (χ3v) is 4.20. The molecule has 3 heteroatoms. The second-order valence-electron chi connectivity index (χ2n) is 5.91. The predicted octanol–water partition coefficient (Wildman–Crippen LogP) is 4.21. The van der Waals surface area contributed by atoms with Crippen LogP contribution in [0, 0.1) is 5.41 Å². The molecule has 0 spiro atoms. The third-order valence-electron chi connectivity index (χ3n) is 3.67. The molecule has 0 radical (unpaired) electrons. The molecule has 0 aromatic heterocycles.